The summed E-state index contributed by atoms with van der Waals surface area (Å²) in [6.07, 6.45) is 4.91. The third-order valence-electron chi connectivity index (χ3n) is 10.6. The van der Waals surface area contributed by atoms with Crippen molar-refractivity contribution >= 4 is 35.1 Å². The molecule has 2 bridgehead atoms. The summed E-state index contributed by atoms with van der Waals surface area (Å²) in [7, 11) is 1.57. The maximum absolute atomic E-state index is 13.9. The molecule has 3 saturated heterocycles. The molecule has 3 aromatic carbocycles. The summed E-state index contributed by atoms with van der Waals surface area (Å²) in [6, 6.07) is 17.5. The molecular formula is C42H43Cl2F2N3O8. The standard InChI is InChI=1S/C42H43Cl2F2N3O8/c1-53-31-10-7-28(8-11-31)39(41(51)56-38-23-48-15-13-27(38)14-16-48)47-20-26-3-2-4-30(17-26)40(50)55-36(19-32-33(43)21-49(52)22-34(32)44)29-9-12-35(57-42(45)46)37(18-29)54-24-25-5-6-25/h2-4,7-12,17-18,21-22,25,27,36,38-39,42,47H,5-6,13-16,19-20,23-24H2,1H3/t36-,38-,39?/m0/s1. The number of fused-ring (bicyclic) bond motifs is 3. The number of alkyl halides is 2. The highest BCUT2D eigenvalue weighted by Gasteiger charge is 2.38. The van der Waals surface area contributed by atoms with Crippen LogP contribution in [0.15, 0.2) is 79.1 Å². The number of piperidine rings is 3. The average molecular weight is 827 g/mol. The number of ether oxygens (including phenoxy) is 5. The maximum atomic E-state index is 13.9. The lowest BCUT2D eigenvalue weighted by Crippen LogP contribution is -2.52. The van der Waals surface area contributed by atoms with Gasteiger partial charge in [0, 0.05) is 25.1 Å². The number of nitrogens with zero attached hydrogens (tertiary/aromatic N) is 2. The third-order valence-corrected chi connectivity index (χ3v) is 11.3. The number of benzene rings is 3. The van der Waals surface area contributed by atoms with E-state index < -0.39 is 24.7 Å². The highest BCUT2D eigenvalue weighted by Crippen LogP contribution is 2.38. The molecule has 1 unspecified atom stereocenters. The van der Waals surface area contributed by atoms with Gasteiger partial charge in [-0.1, -0.05) is 53.5 Å². The summed E-state index contributed by atoms with van der Waals surface area (Å²) >= 11 is 12.9. The Balaban J connectivity index is 1.11. The monoisotopic (exact) mass is 825 g/mol. The summed E-state index contributed by atoms with van der Waals surface area (Å²) < 4.78 is 55.3. The maximum Gasteiger partial charge on any atom is 0.387 e. The van der Waals surface area contributed by atoms with E-state index in [1.165, 1.54) is 18.2 Å². The fourth-order valence-corrected chi connectivity index (χ4v) is 7.88. The van der Waals surface area contributed by atoms with Gasteiger partial charge in [-0.3, -0.25) is 10.2 Å². The predicted octanol–water partition coefficient (Wildman–Crippen LogP) is 7.63. The van der Waals surface area contributed by atoms with Crippen molar-refractivity contribution < 1.29 is 46.8 Å². The molecule has 4 aromatic rings. The summed E-state index contributed by atoms with van der Waals surface area (Å²) in [5.41, 5.74) is 2.33. The summed E-state index contributed by atoms with van der Waals surface area (Å²) in [4.78, 5) is 30.0. The van der Waals surface area contributed by atoms with E-state index in [-0.39, 0.29) is 52.1 Å². The molecule has 302 valence electrons. The minimum atomic E-state index is -3.09. The Morgan fingerprint density at radius 1 is 0.947 bits per heavy atom. The molecule has 4 fully saturated rings. The molecule has 3 aliphatic heterocycles. The van der Waals surface area contributed by atoms with Crippen molar-refractivity contribution in [1.29, 1.82) is 0 Å². The first kappa shape index (κ1) is 40.5. The lowest BCUT2D eigenvalue weighted by Gasteiger charge is -2.44. The Morgan fingerprint density at radius 3 is 2.32 bits per heavy atom. The number of rotatable bonds is 17. The van der Waals surface area contributed by atoms with E-state index in [9.17, 15) is 23.6 Å². The van der Waals surface area contributed by atoms with E-state index in [0.29, 0.717) is 51.2 Å². The molecule has 8 rings (SSSR count). The fraction of sp³-hybridized carbons (Fsp3) is 0.405. The average Bonchev–Trinajstić information content (AvgIpc) is 4.04. The third kappa shape index (κ3) is 10.4. The zero-order chi connectivity index (χ0) is 40.1. The van der Waals surface area contributed by atoms with E-state index in [1.54, 1.807) is 37.4 Å². The molecule has 1 aromatic heterocycles. The quantitative estimate of drug-likeness (QED) is 0.0646. The van der Waals surface area contributed by atoms with Gasteiger partial charge in [-0.15, -0.1) is 0 Å². The van der Waals surface area contributed by atoms with Crippen molar-refractivity contribution in [3.05, 3.63) is 122 Å². The molecule has 4 aliphatic rings. The lowest BCUT2D eigenvalue weighted by molar-refractivity contribution is -0.605. The minimum absolute atomic E-state index is 0.0490. The van der Waals surface area contributed by atoms with Gasteiger partial charge in [0.05, 0.1) is 19.3 Å². The lowest BCUT2D eigenvalue weighted by atomic mass is 9.86. The molecule has 4 heterocycles. The Kier molecular flexibility index (Phi) is 13.0. The second-order valence-electron chi connectivity index (χ2n) is 14.6. The van der Waals surface area contributed by atoms with Crippen LogP contribution in [0.1, 0.15) is 70.4 Å². The highest BCUT2D eigenvalue weighted by atomic mass is 35.5. The molecule has 15 heteroatoms. The summed E-state index contributed by atoms with van der Waals surface area (Å²) in [5.74, 6) is 0.113. The van der Waals surface area contributed by atoms with Gasteiger partial charge in [-0.25, -0.2) is 9.59 Å². The SMILES string of the molecule is COc1ccc(C(NCc2cccc(C(=O)O[C@@H](Cc3c(Cl)c[n+]([O-])cc3Cl)c3ccc(OC(F)F)c(OCC4CC4)c3)c2)C(=O)O[C@H]2CN3CCC2CC3)cc1. The van der Waals surface area contributed by atoms with Gasteiger partial charge in [0.25, 0.3) is 0 Å². The molecule has 3 atom stereocenters. The van der Waals surface area contributed by atoms with Gasteiger partial charge in [-0.05, 0) is 104 Å². The number of carbonyl (C=O) groups is 2. The van der Waals surface area contributed by atoms with Crippen LogP contribution >= 0.6 is 23.2 Å². The van der Waals surface area contributed by atoms with Gasteiger partial charge in [0.15, 0.2) is 23.9 Å². The number of aromatic nitrogens is 1. The summed E-state index contributed by atoms with van der Waals surface area (Å²) in [5, 5.41) is 15.4. The largest absolute Gasteiger partial charge is 0.619 e. The second kappa shape index (κ2) is 18.3. The molecule has 11 nitrogen and oxygen atoms in total. The number of hydrogen-bond donors (Lipinski definition) is 1. The first-order chi connectivity index (χ1) is 27.5. The van der Waals surface area contributed by atoms with Crippen molar-refractivity contribution in [2.24, 2.45) is 11.8 Å². The molecular weight excluding hydrogens is 783 g/mol. The highest BCUT2D eigenvalue weighted by molar-refractivity contribution is 6.35. The molecule has 57 heavy (non-hydrogen) atoms. The van der Waals surface area contributed by atoms with Crippen molar-refractivity contribution in [3.63, 3.8) is 0 Å². The molecule has 1 aliphatic carbocycles. The van der Waals surface area contributed by atoms with Crippen molar-refractivity contribution in [3.8, 4) is 17.2 Å². The van der Waals surface area contributed by atoms with E-state index in [4.69, 9.17) is 46.9 Å². The van der Waals surface area contributed by atoms with Gasteiger partial charge in [0.1, 0.15) is 34.0 Å². The van der Waals surface area contributed by atoms with Gasteiger partial charge >= 0.3 is 18.6 Å². The predicted molar refractivity (Wildman–Crippen MR) is 207 cm³/mol. The Labute approximate surface area is 339 Å². The van der Waals surface area contributed by atoms with Crippen LogP contribution in [-0.4, -0.2) is 62.9 Å². The topological polar surface area (TPSA) is 122 Å². The van der Waals surface area contributed by atoms with Crippen LogP contribution in [0, 0.1) is 17.0 Å². The number of esters is 2. The van der Waals surface area contributed by atoms with Crippen molar-refractivity contribution in [2.75, 3.05) is 33.4 Å². The second-order valence-corrected chi connectivity index (χ2v) is 15.4. The van der Waals surface area contributed by atoms with Crippen LogP contribution in [0.2, 0.25) is 10.0 Å². The first-order valence-corrected chi connectivity index (χ1v) is 19.7. The van der Waals surface area contributed by atoms with Crippen LogP contribution < -0.4 is 24.3 Å². The molecule has 0 amide bonds. The zero-order valence-electron chi connectivity index (χ0n) is 31.2. The van der Waals surface area contributed by atoms with E-state index in [1.807, 2.05) is 18.2 Å². The van der Waals surface area contributed by atoms with E-state index in [0.717, 1.165) is 57.7 Å². The number of halogens is 4. The molecule has 0 radical (unpaired) electrons. The number of carbonyl (C=O) groups excluding carboxylic acids is 2. The van der Waals surface area contributed by atoms with Crippen LogP contribution in [-0.2, 0) is 27.2 Å². The first-order valence-electron chi connectivity index (χ1n) is 18.9. The smallest absolute Gasteiger partial charge is 0.387 e. The normalized spacial score (nSPS) is 19.8. The van der Waals surface area contributed by atoms with E-state index in [2.05, 4.69) is 10.2 Å². The van der Waals surface area contributed by atoms with Gasteiger partial charge < -0.3 is 28.9 Å². The van der Waals surface area contributed by atoms with Gasteiger partial charge in [0.2, 0.25) is 0 Å². The van der Waals surface area contributed by atoms with Crippen LogP contribution in [0.25, 0.3) is 0 Å². The molecule has 1 N–H and O–H groups in total. The summed E-state index contributed by atoms with van der Waals surface area (Å²) in [6.45, 7) is 0.190. The zero-order valence-corrected chi connectivity index (χ0v) is 32.7. The Hall–Kier alpha value is -4.69. The van der Waals surface area contributed by atoms with Crippen LogP contribution in [0.3, 0.4) is 0 Å². The number of pyridine rings is 1. The van der Waals surface area contributed by atoms with Crippen molar-refractivity contribution in [2.45, 2.75) is 63.5 Å². The Bertz CT molecular complexity index is 2020. The van der Waals surface area contributed by atoms with E-state index >= 15 is 0 Å². The van der Waals surface area contributed by atoms with Crippen LogP contribution in [0.5, 0.6) is 17.2 Å². The number of methoxy groups -OCH3 is 1. The molecule has 0 spiro atoms. The van der Waals surface area contributed by atoms with Gasteiger partial charge in [-0.2, -0.15) is 13.5 Å². The fourth-order valence-electron chi connectivity index (χ4n) is 7.28. The molecule has 1 saturated carbocycles. The van der Waals surface area contributed by atoms with Crippen LogP contribution in [0.4, 0.5) is 8.78 Å². The van der Waals surface area contributed by atoms with Crippen molar-refractivity contribution in [1.82, 2.24) is 10.2 Å². The Morgan fingerprint density at radius 2 is 1.67 bits per heavy atom. The minimum Gasteiger partial charge on any atom is -0.619 e. The number of hydrogen-bond acceptors (Lipinski definition) is 10. The number of nitrogens with one attached hydrogen (secondary N) is 1.